The molecule has 1 aromatic heterocycles. The van der Waals surface area contributed by atoms with Gasteiger partial charge in [-0.25, -0.2) is 4.39 Å². The first-order valence-corrected chi connectivity index (χ1v) is 9.81. The van der Waals surface area contributed by atoms with E-state index >= 15 is 4.39 Å². The van der Waals surface area contributed by atoms with Crippen LogP contribution in [0.2, 0.25) is 5.02 Å². The molecule has 0 amide bonds. The van der Waals surface area contributed by atoms with E-state index in [0.717, 1.165) is 35.6 Å². The number of H-pyrrole nitrogens is 1. The van der Waals surface area contributed by atoms with E-state index in [0.29, 0.717) is 16.3 Å². The minimum Gasteiger partial charge on any atom is -0.372 e. The summed E-state index contributed by atoms with van der Waals surface area (Å²) >= 11 is 6.27. The lowest BCUT2D eigenvalue weighted by Gasteiger charge is -2.38. The molecule has 1 aliphatic heterocycles. The second-order valence-electron chi connectivity index (χ2n) is 7.43. The quantitative estimate of drug-likeness (QED) is 0.636. The lowest BCUT2D eigenvalue weighted by molar-refractivity contribution is -0.00518. The maximum Gasteiger partial charge on any atom is 0.133 e. The van der Waals surface area contributed by atoms with Crippen molar-refractivity contribution in [1.29, 1.82) is 0 Å². The van der Waals surface area contributed by atoms with Crippen LogP contribution in [0.3, 0.4) is 0 Å². The molecule has 1 aliphatic rings. The SMILES string of the molecule is Cc1cc(-c2c(F)ccc(N3C[C@@H](C)O[C@@H](C)C3)c2-c2cccc(Cl)c2)n[nH]1. The van der Waals surface area contributed by atoms with Gasteiger partial charge < -0.3 is 9.64 Å². The van der Waals surface area contributed by atoms with Gasteiger partial charge in [0, 0.05) is 40.6 Å². The topological polar surface area (TPSA) is 41.1 Å². The van der Waals surface area contributed by atoms with Crippen molar-refractivity contribution < 1.29 is 9.13 Å². The first-order valence-electron chi connectivity index (χ1n) is 9.43. The standard InChI is InChI=1S/C22H23ClFN3O/c1-13-9-19(26-25-13)22-18(24)7-8-20(27-11-14(2)28-15(3)12-27)21(22)16-5-4-6-17(23)10-16/h4-10,14-15H,11-12H2,1-3H3,(H,25,26)/t14-,15+. The number of nitrogens with one attached hydrogen (secondary N) is 1. The Morgan fingerprint density at radius 2 is 1.86 bits per heavy atom. The molecular weight excluding hydrogens is 377 g/mol. The number of halogens is 2. The van der Waals surface area contributed by atoms with E-state index in [-0.39, 0.29) is 18.0 Å². The fourth-order valence-electron chi connectivity index (χ4n) is 3.94. The molecule has 0 bridgehead atoms. The Morgan fingerprint density at radius 1 is 1.11 bits per heavy atom. The van der Waals surface area contributed by atoms with Crippen LogP contribution in [-0.4, -0.2) is 35.5 Å². The molecule has 6 heteroatoms. The second kappa shape index (κ2) is 7.57. The van der Waals surface area contributed by atoms with Crippen LogP contribution in [0.5, 0.6) is 0 Å². The van der Waals surface area contributed by atoms with Gasteiger partial charge in [0.25, 0.3) is 0 Å². The highest BCUT2D eigenvalue weighted by molar-refractivity contribution is 6.30. The summed E-state index contributed by atoms with van der Waals surface area (Å²) in [6.45, 7) is 7.50. The molecule has 4 nitrogen and oxygen atoms in total. The van der Waals surface area contributed by atoms with Gasteiger partial charge in [0.2, 0.25) is 0 Å². The third-order valence-electron chi connectivity index (χ3n) is 4.97. The summed E-state index contributed by atoms with van der Waals surface area (Å²) < 4.78 is 21.0. The fraction of sp³-hybridized carbons (Fsp3) is 0.318. The van der Waals surface area contributed by atoms with Crippen LogP contribution < -0.4 is 4.90 Å². The van der Waals surface area contributed by atoms with Gasteiger partial charge >= 0.3 is 0 Å². The van der Waals surface area contributed by atoms with Crippen molar-refractivity contribution in [2.45, 2.75) is 33.0 Å². The molecule has 2 atom stereocenters. The van der Waals surface area contributed by atoms with Crippen molar-refractivity contribution in [1.82, 2.24) is 10.2 Å². The number of aryl methyl sites for hydroxylation is 1. The zero-order valence-corrected chi connectivity index (χ0v) is 16.9. The second-order valence-corrected chi connectivity index (χ2v) is 7.86. The van der Waals surface area contributed by atoms with E-state index in [4.69, 9.17) is 16.3 Å². The normalized spacial score (nSPS) is 19.8. The molecular formula is C22H23ClFN3O. The molecule has 1 saturated heterocycles. The van der Waals surface area contributed by atoms with E-state index < -0.39 is 0 Å². The summed E-state index contributed by atoms with van der Waals surface area (Å²) in [7, 11) is 0. The molecule has 2 heterocycles. The van der Waals surface area contributed by atoms with Gasteiger partial charge in [0.15, 0.2) is 0 Å². The average Bonchev–Trinajstić information content (AvgIpc) is 3.06. The number of aromatic amines is 1. The van der Waals surface area contributed by atoms with Crippen LogP contribution in [0.4, 0.5) is 10.1 Å². The highest BCUT2D eigenvalue weighted by atomic mass is 35.5. The van der Waals surface area contributed by atoms with Crippen LogP contribution in [0, 0.1) is 12.7 Å². The summed E-state index contributed by atoms with van der Waals surface area (Å²) in [6.07, 6.45) is 0.189. The van der Waals surface area contributed by atoms with Crippen molar-refractivity contribution in [2.75, 3.05) is 18.0 Å². The van der Waals surface area contributed by atoms with E-state index in [1.54, 1.807) is 0 Å². The van der Waals surface area contributed by atoms with Crippen molar-refractivity contribution in [2.24, 2.45) is 0 Å². The van der Waals surface area contributed by atoms with Crippen molar-refractivity contribution in [3.05, 3.63) is 59.0 Å². The summed E-state index contributed by atoms with van der Waals surface area (Å²) in [5.41, 5.74) is 4.57. The van der Waals surface area contributed by atoms with Crippen LogP contribution in [0.1, 0.15) is 19.5 Å². The Hall–Kier alpha value is -2.37. The molecule has 0 spiro atoms. The molecule has 0 unspecified atom stereocenters. The van der Waals surface area contributed by atoms with Crippen LogP contribution in [-0.2, 0) is 4.74 Å². The lowest BCUT2D eigenvalue weighted by Crippen LogP contribution is -2.45. The van der Waals surface area contributed by atoms with Crippen molar-refractivity contribution >= 4 is 17.3 Å². The third kappa shape index (κ3) is 3.64. The Labute approximate surface area is 169 Å². The molecule has 4 rings (SSSR count). The van der Waals surface area contributed by atoms with Crippen LogP contribution in [0.15, 0.2) is 42.5 Å². The van der Waals surface area contributed by atoms with Gasteiger partial charge in [-0.3, -0.25) is 5.10 Å². The Bertz CT molecular complexity index is 993. The summed E-state index contributed by atoms with van der Waals surface area (Å²) in [5, 5.41) is 7.86. The summed E-state index contributed by atoms with van der Waals surface area (Å²) in [5.74, 6) is -0.306. The number of nitrogens with zero attached hydrogens (tertiary/aromatic N) is 2. The predicted octanol–water partition coefficient (Wildman–Crippen LogP) is 5.46. The van der Waals surface area contributed by atoms with E-state index in [1.165, 1.54) is 6.07 Å². The molecule has 0 radical (unpaired) electrons. The molecule has 3 aromatic rings. The number of hydrogen-bond acceptors (Lipinski definition) is 3. The Morgan fingerprint density at radius 3 is 2.50 bits per heavy atom. The lowest BCUT2D eigenvalue weighted by atomic mass is 9.94. The Kier molecular flexibility index (Phi) is 5.13. The number of morpholine rings is 1. The number of ether oxygens (including phenoxy) is 1. The largest absolute Gasteiger partial charge is 0.372 e. The first-order chi connectivity index (χ1) is 13.4. The number of rotatable bonds is 3. The van der Waals surface area contributed by atoms with Gasteiger partial charge in [-0.15, -0.1) is 0 Å². The highest BCUT2D eigenvalue weighted by Gasteiger charge is 2.27. The molecule has 28 heavy (non-hydrogen) atoms. The fourth-order valence-corrected chi connectivity index (χ4v) is 4.13. The van der Waals surface area contributed by atoms with Crippen LogP contribution >= 0.6 is 11.6 Å². The van der Waals surface area contributed by atoms with Gasteiger partial charge in [-0.1, -0.05) is 23.7 Å². The Balaban J connectivity index is 1.96. The summed E-state index contributed by atoms with van der Waals surface area (Å²) in [4.78, 5) is 2.26. The predicted molar refractivity (Wildman–Crippen MR) is 111 cm³/mol. The number of benzene rings is 2. The molecule has 2 aromatic carbocycles. The minimum absolute atomic E-state index is 0.0945. The smallest absolute Gasteiger partial charge is 0.133 e. The van der Waals surface area contributed by atoms with E-state index in [2.05, 4.69) is 28.9 Å². The van der Waals surface area contributed by atoms with Gasteiger partial charge in [-0.2, -0.15) is 5.10 Å². The maximum atomic E-state index is 15.1. The summed E-state index contributed by atoms with van der Waals surface area (Å²) in [6, 6.07) is 12.8. The third-order valence-corrected chi connectivity index (χ3v) is 5.20. The average molecular weight is 400 g/mol. The monoisotopic (exact) mass is 399 g/mol. The molecule has 0 aliphatic carbocycles. The van der Waals surface area contributed by atoms with Gasteiger partial charge in [0.1, 0.15) is 5.82 Å². The van der Waals surface area contributed by atoms with E-state index in [9.17, 15) is 0 Å². The molecule has 0 saturated carbocycles. The zero-order valence-electron chi connectivity index (χ0n) is 16.2. The maximum absolute atomic E-state index is 15.1. The molecule has 1 fully saturated rings. The molecule has 146 valence electrons. The van der Waals surface area contributed by atoms with Crippen molar-refractivity contribution in [3.63, 3.8) is 0 Å². The first kappa shape index (κ1) is 19.0. The number of anilines is 1. The minimum atomic E-state index is -0.306. The number of aromatic nitrogens is 2. The van der Waals surface area contributed by atoms with Gasteiger partial charge in [-0.05, 0) is 56.7 Å². The van der Waals surface area contributed by atoms with Crippen molar-refractivity contribution in [3.8, 4) is 22.4 Å². The number of hydrogen-bond donors (Lipinski definition) is 1. The zero-order chi connectivity index (χ0) is 19.8. The van der Waals surface area contributed by atoms with Gasteiger partial charge in [0.05, 0.1) is 17.9 Å². The van der Waals surface area contributed by atoms with Crippen LogP contribution in [0.25, 0.3) is 22.4 Å². The highest BCUT2D eigenvalue weighted by Crippen LogP contribution is 2.42. The van der Waals surface area contributed by atoms with E-state index in [1.807, 2.05) is 43.3 Å². The molecule has 1 N–H and O–H groups in total.